The highest BCUT2D eigenvalue weighted by molar-refractivity contribution is 6.13. The second-order valence-corrected chi connectivity index (χ2v) is 6.08. The van der Waals surface area contributed by atoms with Crippen LogP contribution >= 0.6 is 0 Å². The second kappa shape index (κ2) is 8.32. The van der Waals surface area contributed by atoms with Gasteiger partial charge in [0, 0.05) is 11.3 Å². The minimum Gasteiger partial charge on any atom is -0.462 e. The summed E-state index contributed by atoms with van der Waals surface area (Å²) in [6.45, 7) is 4.00. The molecule has 0 spiro atoms. The summed E-state index contributed by atoms with van der Waals surface area (Å²) in [6, 6.07) is 23.7. The van der Waals surface area contributed by atoms with Crippen molar-refractivity contribution in [2.24, 2.45) is 0 Å². The van der Waals surface area contributed by atoms with Gasteiger partial charge in [0.05, 0.1) is 17.9 Å². The summed E-state index contributed by atoms with van der Waals surface area (Å²) in [5.41, 5.74) is 3.14. The molecule has 0 unspecified atom stereocenters. The predicted molar refractivity (Wildman–Crippen MR) is 106 cm³/mol. The summed E-state index contributed by atoms with van der Waals surface area (Å²) in [5, 5.41) is 0. The topological polar surface area (TPSA) is 46.6 Å². The minimum absolute atomic E-state index is 0.210. The maximum absolute atomic E-state index is 13.4. The molecule has 3 aromatic carbocycles. The highest BCUT2D eigenvalue weighted by atomic mass is 16.5. The molecule has 0 saturated carbocycles. The molecule has 0 aromatic heterocycles. The van der Waals surface area contributed by atoms with Crippen molar-refractivity contribution < 1.29 is 14.3 Å². The van der Waals surface area contributed by atoms with Gasteiger partial charge in [-0.2, -0.15) is 0 Å². The molecule has 136 valence electrons. The van der Waals surface area contributed by atoms with Crippen LogP contribution in [0.2, 0.25) is 0 Å². The highest BCUT2D eigenvalue weighted by Gasteiger charge is 2.24. The van der Waals surface area contributed by atoms with Gasteiger partial charge in [-0.1, -0.05) is 48.0 Å². The molecule has 3 aromatic rings. The van der Waals surface area contributed by atoms with Crippen molar-refractivity contribution in [2.75, 3.05) is 11.5 Å². The van der Waals surface area contributed by atoms with Crippen LogP contribution in [-0.2, 0) is 4.74 Å². The highest BCUT2D eigenvalue weighted by Crippen LogP contribution is 2.31. The molecule has 0 heterocycles. The molecule has 4 nitrogen and oxygen atoms in total. The van der Waals surface area contributed by atoms with Gasteiger partial charge in [-0.15, -0.1) is 0 Å². The monoisotopic (exact) mass is 359 g/mol. The summed E-state index contributed by atoms with van der Waals surface area (Å²) in [6.07, 6.45) is 0. The van der Waals surface area contributed by atoms with Gasteiger partial charge in [0.2, 0.25) is 0 Å². The Bertz CT molecular complexity index is 933. The molecule has 0 atom stereocenters. The molecular weight excluding hydrogens is 338 g/mol. The van der Waals surface area contributed by atoms with Crippen LogP contribution in [0.25, 0.3) is 0 Å². The first kappa shape index (κ1) is 18.4. The molecule has 0 aliphatic carbocycles. The fraction of sp³-hybridized carbons (Fsp3) is 0.130. The Hall–Kier alpha value is -3.40. The number of para-hydroxylation sites is 2. The van der Waals surface area contributed by atoms with E-state index in [-0.39, 0.29) is 12.5 Å². The normalized spacial score (nSPS) is 10.3. The number of ether oxygens (including phenoxy) is 1. The van der Waals surface area contributed by atoms with E-state index in [1.807, 2.05) is 49.4 Å². The van der Waals surface area contributed by atoms with Crippen LogP contribution in [0.4, 0.5) is 11.4 Å². The van der Waals surface area contributed by atoms with E-state index in [4.69, 9.17) is 4.74 Å². The zero-order valence-corrected chi connectivity index (χ0v) is 15.4. The Morgan fingerprint density at radius 2 is 1.48 bits per heavy atom. The minimum atomic E-state index is -0.453. The van der Waals surface area contributed by atoms with E-state index in [1.54, 1.807) is 48.2 Å². The number of rotatable bonds is 5. The fourth-order valence-corrected chi connectivity index (χ4v) is 2.82. The van der Waals surface area contributed by atoms with E-state index < -0.39 is 5.97 Å². The first-order chi connectivity index (χ1) is 13.1. The van der Waals surface area contributed by atoms with Crippen molar-refractivity contribution in [1.82, 2.24) is 0 Å². The lowest BCUT2D eigenvalue weighted by molar-refractivity contribution is 0.0527. The number of anilines is 2. The van der Waals surface area contributed by atoms with E-state index in [2.05, 4.69) is 0 Å². The molecule has 0 aliphatic heterocycles. The summed E-state index contributed by atoms with van der Waals surface area (Å²) < 4.78 is 5.18. The Morgan fingerprint density at radius 1 is 0.852 bits per heavy atom. The van der Waals surface area contributed by atoms with Gasteiger partial charge in [0.1, 0.15) is 0 Å². The Kier molecular flexibility index (Phi) is 5.67. The molecular formula is C23H21NO3. The molecule has 0 N–H and O–H groups in total. The first-order valence-electron chi connectivity index (χ1n) is 8.84. The van der Waals surface area contributed by atoms with Gasteiger partial charge in [-0.3, -0.25) is 9.69 Å². The van der Waals surface area contributed by atoms with Gasteiger partial charge in [0.15, 0.2) is 0 Å². The summed E-state index contributed by atoms with van der Waals surface area (Å²) in [4.78, 5) is 27.4. The third-order valence-electron chi connectivity index (χ3n) is 4.16. The Balaban J connectivity index is 2.13. The van der Waals surface area contributed by atoms with E-state index in [0.29, 0.717) is 22.5 Å². The largest absolute Gasteiger partial charge is 0.462 e. The third-order valence-corrected chi connectivity index (χ3v) is 4.16. The third kappa shape index (κ3) is 4.06. The lowest BCUT2D eigenvalue weighted by atomic mass is 10.1. The SMILES string of the molecule is CCOC(=O)c1ccccc1N(C(=O)c1ccc(C)cc1)c1ccccc1. The van der Waals surface area contributed by atoms with Crippen LogP contribution in [0.1, 0.15) is 33.2 Å². The number of benzene rings is 3. The molecule has 0 bridgehead atoms. The summed E-state index contributed by atoms with van der Waals surface area (Å²) in [5.74, 6) is -0.663. The van der Waals surface area contributed by atoms with Crippen LogP contribution in [0, 0.1) is 6.92 Å². The zero-order valence-electron chi connectivity index (χ0n) is 15.4. The molecule has 0 fully saturated rings. The second-order valence-electron chi connectivity index (χ2n) is 6.08. The lowest BCUT2D eigenvalue weighted by Crippen LogP contribution is -2.28. The molecule has 1 amide bonds. The molecule has 0 saturated heterocycles. The average Bonchev–Trinajstić information content (AvgIpc) is 2.70. The maximum Gasteiger partial charge on any atom is 0.340 e. The van der Waals surface area contributed by atoms with E-state index in [9.17, 15) is 9.59 Å². The smallest absolute Gasteiger partial charge is 0.340 e. The predicted octanol–water partition coefficient (Wildman–Crippen LogP) is 5.15. The molecule has 27 heavy (non-hydrogen) atoms. The fourth-order valence-electron chi connectivity index (χ4n) is 2.82. The van der Waals surface area contributed by atoms with Crippen LogP contribution in [0.3, 0.4) is 0 Å². The van der Waals surface area contributed by atoms with Crippen LogP contribution in [-0.4, -0.2) is 18.5 Å². The van der Waals surface area contributed by atoms with E-state index in [0.717, 1.165) is 5.56 Å². The molecule has 0 radical (unpaired) electrons. The molecule has 3 rings (SSSR count). The van der Waals surface area contributed by atoms with Gasteiger partial charge >= 0.3 is 5.97 Å². The van der Waals surface area contributed by atoms with Crippen LogP contribution in [0.15, 0.2) is 78.9 Å². The van der Waals surface area contributed by atoms with Gasteiger partial charge in [-0.25, -0.2) is 4.79 Å². The molecule has 4 heteroatoms. The first-order valence-corrected chi connectivity index (χ1v) is 8.84. The number of hydrogen-bond donors (Lipinski definition) is 0. The van der Waals surface area contributed by atoms with E-state index >= 15 is 0 Å². The maximum atomic E-state index is 13.4. The number of carbonyl (C=O) groups excluding carboxylic acids is 2. The Morgan fingerprint density at radius 3 is 2.15 bits per heavy atom. The number of carbonyl (C=O) groups is 2. The Labute approximate surface area is 159 Å². The lowest BCUT2D eigenvalue weighted by Gasteiger charge is -2.25. The quantitative estimate of drug-likeness (QED) is 0.592. The molecule has 0 aliphatic rings. The van der Waals surface area contributed by atoms with Crippen molar-refractivity contribution in [2.45, 2.75) is 13.8 Å². The standard InChI is InChI=1S/C23H21NO3/c1-3-27-23(26)20-11-7-8-12-21(20)24(19-9-5-4-6-10-19)22(25)18-15-13-17(2)14-16-18/h4-16H,3H2,1-2H3. The zero-order chi connectivity index (χ0) is 19.2. The van der Waals surface area contributed by atoms with Gasteiger partial charge in [0.25, 0.3) is 5.91 Å². The number of hydrogen-bond acceptors (Lipinski definition) is 3. The van der Waals surface area contributed by atoms with Crippen LogP contribution < -0.4 is 4.90 Å². The average molecular weight is 359 g/mol. The van der Waals surface area contributed by atoms with Crippen LogP contribution in [0.5, 0.6) is 0 Å². The van der Waals surface area contributed by atoms with Crippen molar-refractivity contribution in [3.63, 3.8) is 0 Å². The van der Waals surface area contributed by atoms with Crippen molar-refractivity contribution in [3.8, 4) is 0 Å². The van der Waals surface area contributed by atoms with E-state index in [1.165, 1.54) is 0 Å². The van der Waals surface area contributed by atoms with Gasteiger partial charge in [-0.05, 0) is 50.2 Å². The van der Waals surface area contributed by atoms with Crippen molar-refractivity contribution in [3.05, 3.63) is 95.6 Å². The number of amides is 1. The number of nitrogens with zero attached hydrogens (tertiary/aromatic N) is 1. The van der Waals surface area contributed by atoms with Crippen molar-refractivity contribution in [1.29, 1.82) is 0 Å². The summed E-state index contributed by atoms with van der Waals surface area (Å²) >= 11 is 0. The number of aryl methyl sites for hydroxylation is 1. The van der Waals surface area contributed by atoms with Gasteiger partial charge < -0.3 is 4.74 Å². The number of esters is 1. The van der Waals surface area contributed by atoms with Crippen molar-refractivity contribution >= 4 is 23.3 Å². The summed E-state index contributed by atoms with van der Waals surface area (Å²) in [7, 11) is 0.